The van der Waals surface area contributed by atoms with Crippen molar-refractivity contribution in [1.82, 2.24) is 9.55 Å². The number of aromatic nitrogens is 2. The number of rotatable bonds is 5. The van der Waals surface area contributed by atoms with Crippen LogP contribution < -0.4 is 0 Å². The van der Waals surface area contributed by atoms with Gasteiger partial charge in [0.2, 0.25) is 0 Å². The lowest BCUT2D eigenvalue weighted by Gasteiger charge is -2.07. The second kappa shape index (κ2) is 5.88. The van der Waals surface area contributed by atoms with Crippen LogP contribution in [0.15, 0.2) is 12.3 Å². The zero-order chi connectivity index (χ0) is 14.0. The molecule has 0 atom stereocenters. The van der Waals surface area contributed by atoms with Crippen molar-refractivity contribution in [3.8, 4) is 0 Å². The number of aryl methyl sites for hydroxylation is 2. The van der Waals surface area contributed by atoms with Gasteiger partial charge in [0.1, 0.15) is 5.01 Å². The minimum atomic E-state index is -0.0191. The topological polar surface area (TPSA) is 34.9 Å². The van der Waals surface area contributed by atoms with Crippen LogP contribution >= 0.6 is 22.9 Å². The Hall–Kier alpha value is -1.13. The standard InChI is InChI=1S/C14H17ClN2OS/c1-4-11-7-16-14(19-11)8-17-9(2)5-12(10(17)3)13(18)6-15/h5,7H,4,6,8H2,1-3H3. The molecule has 2 aromatic heterocycles. The van der Waals surface area contributed by atoms with Crippen LogP contribution in [0, 0.1) is 13.8 Å². The average Bonchev–Trinajstić information content (AvgIpc) is 2.97. The number of ketones is 1. The summed E-state index contributed by atoms with van der Waals surface area (Å²) in [6, 6.07) is 1.91. The van der Waals surface area contributed by atoms with Crippen LogP contribution in [0.3, 0.4) is 0 Å². The summed E-state index contributed by atoms with van der Waals surface area (Å²) in [6.07, 6.45) is 2.94. The van der Waals surface area contributed by atoms with Crippen LogP contribution in [0.25, 0.3) is 0 Å². The number of alkyl halides is 1. The smallest absolute Gasteiger partial charge is 0.179 e. The Morgan fingerprint density at radius 1 is 1.47 bits per heavy atom. The van der Waals surface area contributed by atoms with E-state index in [1.807, 2.05) is 26.1 Å². The number of hydrogen-bond donors (Lipinski definition) is 0. The molecular formula is C14H17ClN2OS. The highest BCUT2D eigenvalue weighted by Crippen LogP contribution is 2.20. The highest BCUT2D eigenvalue weighted by molar-refractivity contribution is 7.11. The first-order chi connectivity index (χ1) is 9.06. The van der Waals surface area contributed by atoms with Crippen molar-refractivity contribution in [2.45, 2.75) is 33.7 Å². The van der Waals surface area contributed by atoms with Crippen LogP contribution in [-0.4, -0.2) is 21.2 Å². The molecule has 0 aliphatic rings. The summed E-state index contributed by atoms with van der Waals surface area (Å²) in [5.74, 6) is 0.0102. The van der Waals surface area contributed by atoms with Crippen molar-refractivity contribution in [3.63, 3.8) is 0 Å². The number of carbonyl (C=O) groups excluding carboxylic acids is 1. The first kappa shape index (κ1) is 14.3. The fourth-order valence-corrected chi connectivity index (χ4v) is 3.11. The molecule has 0 fully saturated rings. The summed E-state index contributed by atoms with van der Waals surface area (Å²) >= 11 is 7.36. The Bertz CT molecular complexity index is 601. The molecule has 0 saturated carbocycles. The fourth-order valence-electron chi connectivity index (χ4n) is 2.12. The number of nitrogens with zero attached hydrogens (tertiary/aromatic N) is 2. The van der Waals surface area contributed by atoms with Gasteiger partial charge in [0, 0.05) is 28.0 Å². The minimum Gasteiger partial charge on any atom is -0.342 e. The van der Waals surface area contributed by atoms with Gasteiger partial charge in [-0.25, -0.2) is 4.98 Å². The molecule has 2 rings (SSSR count). The molecule has 0 aliphatic heterocycles. The average molecular weight is 297 g/mol. The minimum absolute atomic E-state index is 0.0191. The summed E-state index contributed by atoms with van der Waals surface area (Å²) in [6.45, 7) is 6.81. The van der Waals surface area contributed by atoms with Gasteiger partial charge in [0.15, 0.2) is 5.78 Å². The van der Waals surface area contributed by atoms with Crippen molar-refractivity contribution in [2.24, 2.45) is 0 Å². The third-order valence-electron chi connectivity index (χ3n) is 3.24. The van der Waals surface area contributed by atoms with Gasteiger partial charge in [-0.2, -0.15) is 0 Å². The maximum absolute atomic E-state index is 11.7. The maximum atomic E-state index is 11.7. The van der Waals surface area contributed by atoms with E-state index in [-0.39, 0.29) is 11.7 Å². The van der Waals surface area contributed by atoms with Crippen LogP contribution in [0.2, 0.25) is 0 Å². The lowest BCUT2D eigenvalue weighted by Crippen LogP contribution is -2.06. The van der Waals surface area contributed by atoms with Crippen LogP contribution in [0.5, 0.6) is 0 Å². The largest absolute Gasteiger partial charge is 0.342 e. The Balaban J connectivity index is 2.30. The molecular weight excluding hydrogens is 280 g/mol. The lowest BCUT2D eigenvalue weighted by atomic mass is 10.2. The third kappa shape index (κ3) is 2.90. The van der Waals surface area contributed by atoms with E-state index in [0.29, 0.717) is 0 Å². The van der Waals surface area contributed by atoms with E-state index in [1.165, 1.54) is 4.88 Å². The number of halogens is 1. The molecule has 0 N–H and O–H groups in total. The summed E-state index contributed by atoms with van der Waals surface area (Å²) in [4.78, 5) is 17.5. The molecule has 0 aliphatic carbocycles. The van der Waals surface area contributed by atoms with Gasteiger partial charge < -0.3 is 4.57 Å². The molecule has 2 heterocycles. The number of carbonyl (C=O) groups is 1. The van der Waals surface area contributed by atoms with Gasteiger partial charge in [0.25, 0.3) is 0 Å². The van der Waals surface area contributed by atoms with E-state index < -0.39 is 0 Å². The molecule has 102 valence electrons. The summed E-state index contributed by atoms with van der Waals surface area (Å²) in [7, 11) is 0. The highest BCUT2D eigenvalue weighted by atomic mass is 35.5. The molecule has 0 spiro atoms. The van der Waals surface area contributed by atoms with E-state index in [1.54, 1.807) is 11.3 Å². The van der Waals surface area contributed by atoms with E-state index in [4.69, 9.17) is 11.6 Å². The second-order valence-electron chi connectivity index (χ2n) is 4.50. The van der Waals surface area contributed by atoms with E-state index >= 15 is 0 Å². The molecule has 0 unspecified atom stereocenters. The summed E-state index contributed by atoms with van der Waals surface area (Å²) in [5.41, 5.74) is 2.76. The lowest BCUT2D eigenvalue weighted by molar-refractivity contribution is 0.102. The Morgan fingerprint density at radius 2 is 2.21 bits per heavy atom. The first-order valence-corrected chi connectivity index (χ1v) is 7.61. The van der Waals surface area contributed by atoms with Crippen LogP contribution in [-0.2, 0) is 13.0 Å². The predicted molar refractivity (Wildman–Crippen MR) is 79.6 cm³/mol. The van der Waals surface area contributed by atoms with Crippen molar-refractivity contribution in [3.05, 3.63) is 39.1 Å². The van der Waals surface area contributed by atoms with Crippen molar-refractivity contribution >= 4 is 28.7 Å². The Kier molecular flexibility index (Phi) is 4.42. The molecule has 0 amide bonds. The molecule has 0 saturated heterocycles. The summed E-state index contributed by atoms with van der Waals surface area (Å²) in [5, 5.41) is 1.07. The maximum Gasteiger partial charge on any atom is 0.179 e. The zero-order valence-electron chi connectivity index (χ0n) is 11.4. The molecule has 19 heavy (non-hydrogen) atoms. The van der Waals surface area contributed by atoms with Crippen molar-refractivity contribution in [1.29, 1.82) is 0 Å². The quantitative estimate of drug-likeness (QED) is 0.624. The highest BCUT2D eigenvalue weighted by Gasteiger charge is 2.15. The normalized spacial score (nSPS) is 10.9. The molecule has 3 nitrogen and oxygen atoms in total. The first-order valence-electron chi connectivity index (χ1n) is 6.26. The Labute approximate surface area is 122 Å². The third-order valence-corrected chi connectivity index (χ3v) is 4.61. The van der Waals surface area contributed by atoms with Gasteiger partial charge >= 0.3 is 0 Å². The molecule has 0 aromatic carbocycles. The molecule has 2 aromatic rings. The number of Topliss-reactive ketones (excluding diaryl/α,β-unsaturated/α-hetero) is 1. The van der Waals surface area contributed by atoms with Gasteiger partial charge in [-0.3, -0.25) is 4.79 Å². The molecule has 0 bridgehead atoms. The number of thiazole rings is 1. The number of hydrogen-bond acceptors (Lipinski definition) is 3. The van der Waals surface area contributed by atoms with E-state index in [9.17, 15) is 4.79 Å². The monoisotopic (exact) mass is 296 g/mol. The molecule has 5 heteroatoms. The molecule has 0 radical (unpaired) electrons. The van der Waals surface area contributed by atoms with E-state index in [0.717, 1.165) is 34.9 Å². The fraction of sp³-hybridized carbons (Fsp3) is 0.429. The van der Waals surface area contributed by atoms with Gasteiger partial charge in [-0.1, -0.05) is 6.92 Å². The van der Waals surface area contributed by atoms with E-state index in [2.05, 4.69) is 16.5 Å². The SMILES string of the molecule is CCc1cnc(Cn2c(C)cc(C(=O)CCl)c2C)s1. The van der Waals surface area contributed by atoms with Crippen LogP contribution in [0.1, 0.15) is 38.6 Å². The second-order valence-corrected chi connectivity index (χ2v) is 5.97. The van der Waals surface area contributed by atoms with Crippen LogP contribution in [0.4, 0.5) is 0 Å². The predicted octanol–water partition coefficient (Wildman–Crippen LogP) is 3.59. The van der Waals surface area contributed by atoms with Gasteiger partial charge in [-0.15, -0.1) is 22.9 Å². The van der Waals surface area contributed by atoms with Crippen molar-refractivity contribution < 1.29 is 4.79 Å². The Morgan fingerprint density at radius 3 is 2.79 bits per heavy atom. The summed E-state index contributed by atoms with van der Waals surface area (Å²) < 4.78 is 2.12. The zero-order valence-corrected chi connectivity index (χ0v) is 12.9. The van der Waals surface area contributed by atoms with Crippen molar-refractivity contribution in [2.75, 3.05) is 5.88 Å². The van der Waals surface area contributed by atoms with Gasteiger partial charge in [0.05, 0.1) is 12.4 Å². The van der Waals surface area contributed by atoms with Gasteiger partial charge in [-0.05, 0) is 26.3 Å².